The lowest BCUT2D eigenvalue weighted by molar-refractivity contribution is 0.102. The first kappa shape index (κ1) is 22.6. The summed E-state index contributed by atoms with van der Waals surface area (Å²) >= 11 is 0. The standard InChI is InChI=1S/C28H23N7O2/c1-18-2-4-21(13-20(18)5-3-19-12-22-16-32-34-26(22)29-15-19)28(36)33-23-6-7-24-25(14-23)30-17-31-27(24)35-8-10-37-11-9-35/h2,4,6-7,12-17H,8-11H2,1H3,(H,33,36)(H,29,32,34). The zero-order chi connectivity index (χ0) is 25.2. The second-order valence-corrected chi connectivity index (χ2v) is 8.79. The van der Waals surface area contributed by atoms with Gasteiger partial charge in [0.1, 0.15) is 12.1 Å². The van der Waals surface area contributed by atoms with Crippen LogP contribution in [0.15, 0.2) is 61.2 Å². The average Bonchev–Trinajstić information content (AvgIpc) is 3.40. The Kier molecular flexibility index (Phi) is 5.92. The number of ether oxygens (including phenoxy) is 1. The van der Waals surface area contributed by atoms with Crippen molar-refractivity contribution in [1.82, 2.24) is 25.1 Å². The van der Waals surface area contributed by atoms with Crippen LogP contribution in [0, 0.1) is 18.8 Å². The molecule has 1 aliphatic rings. The predicted molar refractivity (Wildman–Crippen MR) is 142 cm³/mol. The summed E-state index contributed by atoms with van der Waals surface area (Å²) in [5.74, 6) is 6.98. The molecule has 1 amide bonds. The zero-order valence-electron chi connectivity index (χ0n) is 20.2. The van der Waals surface area contributed by atoms with Gasteiger partial charge in [-0.05, 0) is 48.9 Å². The molecule has 0 radical (unpaired) electrons. The number of aryl methyl sites for hydroxylation is 1. The molecule has 4 heterocycles. The number of amides is 1. The average molecular weight is 490 g/mol. The van der Waals surface area contributed by atoms with Crippen molar-refractivity contribution in [3.8, 4) is 11.8 Å². The van der Waals surface area contributed by atoms with E-state index in [1.165, 1.54) is 0 Å². The van der Waals surface area contributed by atoms with E-state index < -0.39 is 0 Å². The number of nitrogens with zero attached hydrogens (tertiary/aromatic N) is 5. The van der Waals surface area contributed by atoms with Crippen LogP contribution in [0.4, 0.5) is 11.5 Å². The van der Waals surface area contributed by atoms with Crippen LogP contribution in [0.3, 0.4) is 0 Å². The fourth-order valence-corrected chi connectivity index (χ4v) is 4.29. The number of aromatic amines is 1. The van der Waals surface area contributed by atoms with Gasteiger partial charge in [0.05, 0.1) is 24.9 Å². The topological polar surface area (TPSA) is 109 Å². The molecule has 2 N–H and O–H groups in total. The number of nitrogens with one attached hydrogen (secondary N) is 2. The molecular formula is C28H23N7O2. The van der Waals surface area contributed by atoms with E-state index in [-0.39, 0.29) is 5.91 Å². The number of pyridine rings is 1. The highest BCUT2D eigenvalue weighted by molar-refractivity contribution is 6.05. The highest BCUT2D eigenvalue weighted by Crippen LogP contribution is 2.26. The predicted octanol–water partition coefficient (Wildman–Crippen LogP) is 3.70. The Labute approximate surface area is 212 Å². The number of carbonyl (C=O) groups excluding carboxylic acids is 1. The van der Waals surface area contributed by atoms with Gasteiger partial charge in [-0.3, -0.25) is 9.89 Å². The molecule has 182 valence electrons. The first-order valence-corrected chi connectivity index (χ1v) is 11.9. The number of rotatable bonds is 3. The van der Waals surface area contributed by atoms with Crippen LogP contribution in [0.25, 0.3) is 21.9 Å². The third-order valence-corrected chi connectivity index (χ3v) is 6.32. The summed E-state index contributed by atoms with van der Waals surface area (Å²) in [7, 11) is 0. The fraction of sp³-hybridized carbons (Fsp3) is 0.179. The van der Waals surface area contributed by atoms with E-state index in [1.54, 1.807) is 30.9 Å². The molecule has 0 aliphatic carbocycles. The van der Waals surface area contributed by atoms with Gasteiger partial charge in [0, 0.05) is 52.4 Å². The highest BCUT2D eigenvalue weighted by atomic mass is 16.5. The van der Waals surface area contributed by atoms with Crippen molar-refractivity contribution in [2.75, 3.05) is 36.5 Å². The van der Waals surface area contributed by atoms with E-state index in [4.69, 9.17) is 4.74 Å². The Balaban J connectivity index is 1.23. The van der Waals surface area contributed by atoms with Crippen molar-refractivity contribution in [2.45, 2.75) is 6.92 Å². The molecule has 2 aromatic carbocycles. The number of hydrogen-bond acceptors (Lipinski definition) is 7. The SMILES string of the molecule is Cc1ccc(C(=O)Nc2ccc3c(N4CCOCC4)ncnc3c2)cc1C#Cc1cnc2[nH]ncc2c1. The molecule has 0 spiro atoms. The molecule has 0 bridgehead atoms. The number of fused-ring (bicyclic) bond motifs is 2. The highest BCUT2D eigenvalue weighted by Gasteiger charge is 2.16. The molecule has 0 saturated carbocycles. The molecule has 1 saturated heterocycles. The van der Waals surface area contributed by atoms with Gasteiger partial charge in [0.15, 0.2) is 5.65 Å². The van der Waals surface area contributed by atoms with Gasteiger partial charge in [0.2, 0.25) is 0 Å². The molecule has 9 heteroatoms. The number of morpholine rings is 1. The number of anilines is 2. The van der Waals surface area contributed by atoms with Crippen molar-refractivity contribution >= 4 is 39.3 Å². The van der Waals surface area contributed by atoms with Crippen molar-refractivity contribution in [1.29, 1.82) is 0 Å². The summed E-state index contributed by atoms with van der Waals surface area (Å²) in [4.78, 5) is 28.5. The molecule has 37 heavy (non-hydrogen) atoms. The number of hydrogen-bond donors (Lipinski definition) is 2. The quantitative estimate of drug-likeness (QED) is 0.372. The van der Waals surface area contributed by atoms with Crippen LogP contribution in [0.1, 0.15) is 27.0 Å². The van der Waals surface area contributed by atoms with Gasteiger partial charge in [-0.1, -0.05) is 17.9 Å². The molecule has 1 aliphatic heterocycles. The molecular weight excluding hydrogens is 466 g/mol. The second kappa shape index (κ2) is 9.68. The first-order valence-electron chi connectivity index (χ1n) is 11.9. The number of carbonyl (C=O) groups is 1. The monoisotopic (exact) mass is 489 g/mol. The van der Waals surface area contributed by atoms with Crippen molar-refractivity contribution in [3.05, 3.63) is 83.4 Å². The summed E-state index contributed by atoms with van der Waals surface area (Å²) in [6.45, 7) is 4.91. The van der Waals surface area contributed by atoms with E-state index in [2.05, 4.69) is 47.2 Å². The first-order chi connectivity index (χ1) is 18.1. The van der Waals surface area contributed by atoms with Gasteiger partial charge in [-0.15, -0.1) is 0 Å². The van der Waals surface area contributed by atoms with E-state index in [0.29, 0.717) is 24.5 Å². The Morgan fingerprint density at radius 3 is 2.81 bits per heavy atom. The van der Waals surface area contributed by atoms with E-state index >= 15 is 0 Å². The number of aromatic nitrogens is 5. The number of benzene rings is 2. The van der Waals surface area contributed by atoms with Crippen LogP contribution in [0.5, 0.6) is 0 Å². The molecule has 5 aromatic rings. The van der Waals surface area contributed by atoms with Gasteiger partial charge < -0.3 is 15.0 Å². The maximum absolute atomic E-state index is 13.1. The third-order valence-electron chi connectivity index (χ3n) is 6.32. The molecule has 3 aromatic heterocycles. The minimum absolute atomic E-state index is 0.216. The van der Waals surface area contributed by atoms with Crippen LogP contribution < -0.4 is 10.2 Å². The molecule has 1 fully saturated rings. The minimum Gasteiger partial charge on any atom is -0.378 e. The van der Waals surface area contributed by atoms with Crippen LogP contribution in [0.2, 0.25) is 0 Å². The maximum Gasteiger partial charge on any atom is 0.255 e. The van der Waals surface area contributed by atoms with Gasteiger partial charge >= 0.3 is 0 Å². The third kappa shape index (κ3) is 4.70. The van der Waals surface area contributed by atoms with Gasteiger partial charge in [-0.2, -0.15) is 5.10 Å². The molecule has 0 atom stereocenters. The van der Waals surface area contributed by atoms with Crippen LogP contribution >= 0.6 is 0 Å². The van der Waals surface area contributed by atoms with Gasteiger partial charge in [-0.25, -0.2) is 15.0 Å². The number of H-pyrrole nitrogens is 1. The largest absolute Gasteiger partial charge is 0.378 e. The summed E-state index contributed by atoms with van der Waals surface area (Å²) in [6.07, 6.45) is 4.97. The van der Waals surface area contributed by atoms with Crippen LogP contribution in [-0.4, -0.2) is 57.4 Å². The molecule has 6 rings (SSSR count). The van der Waals surface area contributed by atoms with E-state index in [1.807, 2.05) is 37.3 Å². The Bertz CT molecular complexity index is 1690. The molecule has 9 nitrogen and oxygen atoms in total. The Morgan fingerprint density at radius 2 is 1.92 bits per heavy atom. The maximum atomic E-state index is 13.1. The summed E-state index contributed by atoms with van der Waals surface area (Å²) in [5, 5.41) is 11.6. The van der Waals surface area contributed by atoms with Crippen LogP contribution in [-0.2, 0) is 4.74 Å². The Hall–Kier alpha value is -4.81. The minimum atomic E-state index is -0.216. The summed E-state index contributed by atoms with van der Waals surface area (Å²) < 4.78 is 5.46. The van der Waals surface area contributed by atoms with E-state index in [0.717, 1.165) is 57.5 Å². The normalized spacial score (nSPS) is 13.4. The lowest BCUT2D eigenvalue weighted by Crippen LogP contribution is -2.36. The van der Waals surface area contributed by atoms with Crippen molar-refractivity contribution in [2.24, 2.45) is 0 Å². The molecule has 0 unspecified atom stereocenters. The second-order valence-electron chi connectivity index (χ2n) is 8.79. The fourth-order valence-electron chi connectivity index (χ4n) is 4.29. The van der Waals surface area contributed by atoms with E-state index in [9.17, 15) is 4.79 Å². The summed E-state index contributed by atoms with van der Waals surface area (Å²) in [6, 6.07) is 13.1. The Morgan fingerprint density at radius 1 is 1.03 bits per heavy atom. The van der Waals surface area contributed by atoms with Gasteiger partial charge in [0.25, 0.3) is 5.91 Å². The summed E-state index contributed by atoms with van der Waals surface area (Å²) in [5.41, 5.74) is 5.22. The smallest absolute Gasteiger partial charge is 0.255 e. The van der Waals surface area contributed by atoms with Crippen molar-refractivity contribution in [3.63, 3.8) is 0 Å². The van der Waals surface area contributed by atoms with Crippen molar-refractivity contribution < 1.29 is 9.53 Å². The lowest BCUT2D eigenvalue weighted by Gasteiger charge is -2.28. The lowest BCUT2D eigenvalue weighted by atomic mass is 10.0. The zero-order valence-corrected chi connectivity index (χ0v) is 20.2.